The summed E-state index contributed by atoms with van der Waals surface area (Å²) in [7, 11) is 3.33. The Morgan fingerprint density at radius 3 is 2.46 bits per heavy atom. The number of rotatable bonds is 6. The Labute approximate surface area is 140 Å². The fourth-order valence-corrected chi connectivity index (χ4v) is 1.98. The summed E-state index contributed by atoms with van der Waals surface area (Å²) in [4.78, 5) is 35.9. The zero-order valence-corrected chi connectivity index (χ0v) is 13.5. The molecular formula is C18H18N2O4. The van der Waals surface area contributed by atoms with E-state index in [4.69, 9.17) is 4.74 Å². The van der Waals surface area contributed by atoms with Gasteiger partial charge in [0.05, 0.1) is 0 Å². The molecule has 0 radical (unpaired) electrons. The summed E-state index contributed by atoms with van der Waals surface area (Å²) in [5.41, 5.74) is 1.55. The van der Waals surface area contributed by atoms with Gasteiger partial charge in [0.1, 0.15) is 12.0 Å². The predicted octanol–water partition coefficient (Wildman–Crippen LogP) is 2.22. The number of carbonyl (C=O) groups excluding carboxylic acids is 3. The number of hydrogen-bond acceptors (Lipinski definition) is 4. The van der Waals surface area contributed by atoms with E-state index in [1.54, 1.807) is 62.6 Å². The van der Waals surface area contributed by atoms with Gasteiger partial charge in [-0.3, -0.25) is 14.4 Å². The van der Waals surface area contributed by atoms with Crippen LogP contribution in [0.3, 0.4) is 0 Å². The van der Waals surface area contributed by atoms with Crippen LogP contribution >= 0.6 is 0 Å². The van der Waals surface area contributed by atoms with Crippen molar-refractivity contribution in [3.8, 4) is 5.75 Å². The molecule has 2 rings (SSSR count). The predicted molar refractivity (Wildman–Crippen MR) is 90.4 cm³/mol. The molecule has 24 heavy (non-hydrogen) atoms. The van der Waals surface area contributed by atoms with Gasteiger partial charge in [-0.05, 0) is 42.5 Å². The number of carbonyl (C=O) groups is 3. The van der Waals surface area contributed by atoms with Crippen LogP contribution < -0.4 is 10.1 Å². The van der Waals surface area contributed by atoms with Gasteiger partial charge < -0.3 is 15.0 Å². The van der Waals surface area contributed by atoms with E-state index >= 15 is 0 Å². The largest absolute Gasteiger partial charge is 0.484 e. The highest BCUT2D eigenvalue weighted by Crippen LogP contribution is 2.13. The number of anilines is 1. The van der Waals surface area contributed by atoms with E-state index in [1.165, 1.54) is 4.90 Å². The summed E-state index contributed by atoms with van der Waals surface area (Å²) in [6.45, 7) is -0.174. The zero-order valence-electron chi connectivity index (χ0n) is 13.5. The Morgan fingerprint density at radius 1 is 1.12 bits per heavy atom. The lowest BCUT2D eigenvalue weighted by Crippen LogP contribution is -2.23. The lowest BCUT2D eigenvalue weighted by Gasteiger charge is -2.12. The van der Waals surface area contributed by atoms with Gasteiger partial charge in [-0.2, -0.15) is 0 Å². The first-order valence-electron chi connectivity index (χ1n) is 7.29. The second kappa shape index (κ2) is 7.92. The standard InChI is InChI=1S/C18H18N2O4/c1-20(2)18(23)14-4-3-5-15(10-14)19-17(22)12-24-16-8-6-13(11-21)7-9-16/h3-11H,12H2,1-2H3,(H,19,22). The van der Waals surface area contributed by atoms with Crippen molar-refractivity contribution in [2.45, 2.75) is 0 Å². The number of ether oxygens (including phenoxy) is 1. The van der Waals surface area contributed by atoms with E-state index < -0.39 is 0 Å². The smallest absolute Gasteiger partial charge is 0.262 e. The summed E-state index contributed by atoms with van der Waals surface area (Å²) in [5.74, 6) is 0.00817. The van der Waals surface area contributed by atoms with Gasteiger partial charge in [-0.25, -0.2) is 0 Å². The Bertz CT molecular complexity index is 739. The van der Waals surface area contributed by atoms with E-state index in [0.717, 1.165) is 6.29 Å². The summed E-state index contributed by atoms with van der Waals surface area (Å²) in [6, 6.07) is 13.1. The fourth-order valence-electron chi connectivity index (χ4n) is 1.98. The van der Waals surface area contributed by atoms with E-state index in [-0.39, 0.29) is 18.4 Å². The lowest BCUT2D eigenvalue weighted by molar-refractivity contribution is -0.118. The number of nitrogens with zero attached hydrogens (tertiary/aromatic N) is 1. The van der Waals surface area contributed by atoms with Gasteiger partial charge in [-0.1, -0.05) is 6.07 Å². The molecule has 6 nitrogen and oxygen atoms in total. The maximum atomic E-state index is 11.9. The average Bonchev–Trinajstić information content (AvgIpc) is 2.60. The van der Waals surface area contributed by atoms with Crippen molar-refractivity contribution < 1.29 is 19.1 Å². The summed E-state index contributed by atoms with van der Waals surface area (Å²) < 4.78 is 5.35. The molecule has 2 aromatic carbocycles. The van der Waals surface area contributed by atoms with Crippen molar-refractivity contribution in [2.75, 3.05) is 26.0 Å². The molecule has 6 heteroatoms. The van der Waals surface area contributed by atoms with Crippen molar-refractivity contribution in [3.05, 3.63) is 59.7 Å². The van der Waals surface area contributed by atoms with Gasteiger partial charge in [0, 0.05) is 30.9 Å². The van der Waals surface area contributed by atoms with Crippen LogP contribution in [0.1, 0.15) is 20.7 Å². The first-order valence-corrected chi connectivity index (χ1v) is 7.29. The van der Waals surface area contributed by atoms with Crippen molar-refractivity contribution in [1.82, 2.24) is 4.90 Å². The molecule has 2 amide bonds. The maximum absolute atomic E-state index is 11.9. The molecule has 0 aliphatic heterocycles. The van der Waals surface area contributed by atoms with Crippen LogP contribution in [0, 0.1) is 0 Å². The van der Waals surface area contributed by atoms with Crippen molar-refractivity contribution in [3.63, 3.8) is 0 Å². The van der Waals surface area contributed by atoms with Crippen LogP contribution in [0.2, 0.25) is 0 Å². The van der Waals surface area contributed by atoms with Crippen molar-refractivity contribution >= 4 is 23.8 Å². The number of nitrogens with one attached hydrogen (secondary N) is 1. The summed E-state index contributed by atoms with van der Waals surface area (Å²) in [5, 5.41) is 2.68. The van der Waals surface area contributed by atoms with Crippen LogP contribution in [0.5, 0.6) is 5.75 Å². The molecular weight excluding hydrogens is 308 g/mol. The molecule has 1 N–H and O–H groups in total. The third kappa shape index (κ3) is 4.67. The van der Waals surface area contributed by atoms with Gasteiger partial charge in [-0.15, -0.1) is 0 Å². The SMILES string of the molecule is CN(C)C(=O)c1cccc(NC(=O)COc2ccc(C=O)cc2)c1. The van der Waals surface area contributed by atoms with Crippen LogP contribution in [-0.2, 0) is 4.79 Å². The molecule has 0 aliphatic rings. The third-order valence-electron chi connectivity index (χ3n) is 3.19. The monoisotopic (exact) mass is 326 g/mol. The molecule has 2 aromatic rings. The molecule has 0 aromatic heterocycles. The minimum atomic E-state index is -0.344. The highest BCUT2D eigenvalue weighted by molar-refractivity contribution is 5.97. The fraction of sp³-hybridized carbons (Fsp3) is 0.167. The lowest BCUT2D eigenvalue weighted by atomic mass is 10.2. The van der Waals surface area contributed by atoms with E-state index in [0.29, 0.717) is 22.6 Å². The molecule has 0 saturated carbocycles. The number of hydrogen-bond donors (Lipinski definition) is 1. The highest BCUT2D eigenvalue weighted by atomic mass is 16.5. The maximum Gasteiger partial charge on any atom is 0.262 e. The van der Waals surface area contributed by atoms with Crippen molar-refractivity contribution in [1.29, 1.82) is 0 Å². The quantitative estimate of drug-likeness (QED) is 0.826. The van der Waals surface area contributed by atoms with Gasteiger partial charge in [0.2, 0.25) is 0 Å². The third-order valence-corrected chi connectivity index (χ3v) is 3.19. The van der Waals surface area contributed by atoms with Gasteiger partial charge in [0.15, 0.2) is 6.61 Å². The first kappa shape index (κ1) is 17.2. The van der Waals surface area contributed by atoms with E-state index in [9.17, 15) is 14.4 Å². The van der Waals surface area contributed by atoms with Crippen LogP contribution in [0.25, 0.3) is 0 Å². The molecule has 0 atom stereocenters. The molecule has 0 saturated heterocycles. The molecule has 0 bridgehead atoms. The van der Waals surface area contributed by atoms with Crippen LogP contribution in [0.15, 0.2) is 48.5 Å². The second-order valence-corrected chi connectivity index (χ2v) is 5.30. The Morgan fingerprint density at radius 2 is 1.83 bits per heavy atom. The summed E-state index contributed by atoms with van der Waals surface area (Å²) >= 11 is 0. The minimum Gasteiger partial charge on any atom is -0.484 e. The molecule has 0 unspecified atom stereocenters. The van der Waals surface area contributed by atoms with Crippen molar-refractivity contribution in [2.24, 2.45) is 0 Å². The number of amides is 2. The molecule has 0 heterocycles. The topological polar surface area (TPSA) is 75.7 Å². The highest BCUT2D eigenvalue weighted by Gasteiger charge is 2.10. The second-order valence-electron chi connectivity index (χ2n) is 5.30. The number of benzene rings is 2. The minimum absolute atomic E-state index is 0.141. The normalized spacial score (nSPS) is 9.92. The Hall–Kier alpha value is -3.15. The van der Waals surface area contributed by atoms with Crippen LogP contribution in [0.4, 0.5) is 5.69 Å². The number of aldehydes is 1. The van der Waals surface area contributed by atoms with Gasteiger partial charge in [0.25, 0.3) is 11.8 Å². The van der Waals surface area contributed by atoms with E-state index in [2.05, 4.69) is 5.32 Å². The molecule has 0 aliphatic carbocycles. The first-order chi connectivity index (χ1) is 11.5. The molecule has 124 valence electrons. The molecule has 0 fully saturated rings. The Kier molecular flexibility index (Phi) is 5.68. The average molecular weight is 326 g/mol. The van der Waals surface area contributed by atoms with E-state index in [1.807, 2.05) is 0 Å². The summed E-state index contributed by atoms with van der Waals surface area (Å²) in [6.07, 6.45) is 0.735. The van der Waals surface area contributed by atoms with Crippen LogP contribution in [-0.4, -0.2) is 43.7 Å². The van der Waals surface area contributed by atoms with Gasteiger partial charge >= 0.3 is 0 Å². The molecule has 0 spiro atoms. The Balaban J connectivity index is 1.93. The zero-order chi connectivity index (χ0) is 17.5.